The zero-order valence-corrected chi connectivity index (χ0v) is 12.0. The highest BCUT2D eigenvalue weighted by Gasteiger charge is 2.34. The summed E-state index contributed by atoms with van der Waals surface area (Å²) in [6, 6.07) is 5.51. The van der Waals surface area contributed by atoms with E-state index in [-0.39, 0.29) is 30.5 Å². The zero-order chi connectivity index (χ0) is 15.0. The van der Waals surface area contributed by atoms with E-state index in [1.807, 2.05) is 18.2 Å². The van der Waals surface area contributed by atoms with Gasteiger partial charge in [0.1, 0.15) is 5.52 Å². The number of fused-ring (bicyclic) bond motifs is 1. The highest BCUT2D eigenvalue weighted by molar-refractivity contribution is 7.89. The molecule has 1 saturated heterocycles. The molecule has 0 aromatic carbocycles. The molecule has 1 amide bonds. The number of carbonyl (C=O) groups is 1. The van der Waals surface area contributed by atoms with Crippen molar-refractivity contribution in [3.8, 4) is 0 Å². The molecular weight excluding hydrogens is 292 g/mol. The molecule has 7 nitrogen and oxygen atoms in total. The number of pyridine rings is 2. The second-order valence-electron chi connectivity index (χ2n) is 5.11. The van der Waals surface area contributed by atoms with Crippen molar-refractivity contribution in [1.29, 1.82) is 0 Å². The van der Waals surface area contributed by atoms with Crippen LogP contribution in [0.25, 0.3) is 10.9 Å². The molecule has 2 aromatic rings. The average molecular weight is 306 g/mol. The van der Waals surface area contributed by atoms with E-state index >= 15 is 0 Å². The molecule has 1 aliphatic heterocycles. The van der Waals surface area contributed by atoms with Crippen LogP contribution < -0.4 is 10.0 Å². The van der Waals surface area contributed by atoms with Gasteiger partial charge in [-0.3, -0.25) is 14.7 Å². The molecule has 0 aliphatic carbocycles. The minimum atomic E-state index is -3.59. The number of anilines is 1. The van der Waals surface area contributed by atoms with Crippen molar-refractivity contribution in [2.45, 2.75) is 6.42 Å². The van der Waals surface area contributed by atoms with Gasteiger partial charge in [0.15, 0.2) is 5.82 Å². The second kappa shape index (κ2) is 5.05. The lowest BCUT2D eigenvalue weighted by Crippen LogP contribution is -2.28. The smallest absolute Gasteiger partial charge is 0.228 e. The SMILES string of the molecule is NS(=O)(=O)CC1CC(=O)N(c2nccc3cccnc23)C1. The van der Waals surface area contributed by atoms with Crippen molar-refractivity contribution < 1.29 is 13.2 Å². The van der Waals surface area contributed by atoms with Gasteiger partial charge in [0.05, 0.1) is 5.75 Å². The molecule has 0 saturated carbocycles. The van der Waals surface area contributed by atoms with Crippen LogP contribution in [0.4, 0.5) is 5.82 Å². The van der Waals surface area contributed by atoms with Crippen LogP contribution >= 0.6 is 0 Å². The lowest BCUT2D eigenvalue weighted by molar-refractivity contribution is -0.117. The highest BCUT2D eigenvalue weighted by Crippen LogP contribution is 2.28. The van der Waals surface area contributed by atoms with Gasteiger partial charge < -0.3 is 0 Å². The molecule has 1 unspecified atom stereocenters. The zero-order valence-electron chi connectivity index (χ0n) is 11.1. The summed E-state index contributed by atoms with van der Waals surface area (Å²) in [6.07, 6.45) is 3.40. The summed E-state index contributed by atoms with van der Waals surface area (Å²) < 4.78 is 22.3. The Hall–Kier alpha value is -2.06. The predicted molar refractivity (Wildman–Crippen MR) is 78.0 cm³/mol. The molecule has 0 radical (unpaired) electrons. The molecule has 3 rings (SSSR count). The first-order chi connectivity index (χ1) is 9.94. The van der Waals surface area contributed by atoms with Gasteiger partial charge in [-0.05, 0) is 12.1 Å². The van der Waals surface area contributed by atoms with E-state index in [0.717, 1.165) is 5.39 Å². The number of nitrogens with zero attached hydrogens (tertiary/aromatic N) is 3. The van der Waals surface area contributed by atoms with Gasteiger partial charge in [-0.25, -0.2) is 18.5 Å². The fourth-order valence-electron chi connectivity index (χ4n) is 2.61. The van der Waals surface area contributed by atoms with Crippen LogP contribution in [0, 0.1) is 5.92 Å². The van der Waals surface area contributed by atoms with Crippen molar-refractivity contribution >= 4 is 32.7 Å². The number of carbonyl (C=O) groups excluding carboxylic acids is 1. The Bertz CT molecular complexity index is 801. The van der Waals surface area contributed by atoms with E-state index in [1.54, 1.807) is 12.4 Å². The minimum Gasteiger partial charge on any atom is -0.295 e. The number of rotatable bonds is 3. The Morgan fingerprint density at radius 1 is 1.29 bits per heavy atom. The normalized spacial score (nSPS) is 19.4. The number of sulfonamides is 1. The van der Waals surface area contributed by atoms with Crippen LogP contribution in [-0.2, 0) is 14.8 Å². The Kier molecular flexibility index (Phi) is 3.34. The number of aromatic nitrogens is 2. The predicted octanol–water partition coefficient (Wildman–Crippen LogP) is 0.271. The summed E-state index contributed by atoms with van der Waals surface area (Å²) in [5, 5.41) is 5.93. The lowest BCUT2D eigenvalue weighted by Gasteiger charge is -2.16. The molecule has 110 valence electrons. The van der Waals surface area contributed by atoms with Crippen molar-refractivity contribution in [2.75, 3.05) is 17.2 Å². The van der Waals surface area contributed by atoms with E-state index in [9.17, 15) is 13.2 Å². The van der Waals surface area contributed by atoms with Gasteiger partial charge in [0.25, 0.3) is 0 Å². The van der Waals surface area contributed by atoms with Crippen molar-refractivity contribution in [2.24, 2.45) is 11.1 Å². The topological polar surface area (TPSA) is 106 Å². The summed E-state index contributed by atoms with van der Waals surface area (Å²) in [6.45, 7) is 0.290. The summed E-state index contributed by atoms with van der Waals surface area (Å²) in [4.78, 5) is 22.1. The summed E-state index contributed by atoms with van der Waals surface area (Å²) in [5.41, 5.74) is 0.629. The summed E-state index contributed by atoms with van der Waals surface area (Å²) in [7, 11) is -3.59. The highest BCUT2D eigenvalue weighted by atomic mass is 32.2. The van der Waals surface area contributed by atoms with E-state index in [4.69, 9.17) is 5.14 Å². The quantitative estimate of drug-likeness (QED) is 0.876. The maximum Gasteiger partial charge on any atom is 0.228 e. The molecular formula is C13H14N4O3S. The van der Waals surface area contributed by atoms with Crippen LogP contribution in [0.3, 0.4) is 0 Å². The third kappa shape index (κ3) is 2.86. The van der Waals surface area contributed by atoms with Crippen molar-refractivity contribution in [1.82, 2.24) is 9.97 Å². The first-order valence-electron chi connectivity index (χ1n) is 6.44. The number of hydrogen-bond donors (Lipinski definition) is 1. The molecule has 2 aromatic heterocycles. The first-order valence-corrected chi connectivity index (χ1v) is 8.16. The first kappa shape index (κ1) is 13.9. The van der Waals surface area contributed by atoms with Crippen LogP contribution in [0.5, 0.6) is 0 Å². The molecule has 1 aliphatic rings. The third-order valence-corrected chi connectivity index (χ3v) is 4.37. The van der Waals surface area contributed by atoms with Crippen LogP contribution in [0.1, 0.15) is 6.42 Å². The standard InChI is InChI=1S/C13H14N4O3S/c14-21(19,20)8-9-6-11(18)17(7-9)13-12-10(3-5-16-13)2-1-4-15-12/h1-5,9H,6-8H2,(H2,14,19,20). The van der Waals surface area contributed by atoms with E-state index in [0.29, 0.717) is 11.3 Å². The van der Waals surface area contributed by atoms with Gasteiger partial charge in [-0.1, -0.05) is 6.07 Å². The molecule has 21 heavy (non-hydrogen) atoms. The largest absolute Gasteiger partial charge is 0.295 e. The van der Waals surface area contributed by atoms with E-state index in [2.05, 4.69) is 9.97 Å². The molecule has 2 N–H and O–H groups in total. The Balaban J connectivity index is 1.95. The molecule has 1 atom stereocenters. The fourth-order valence-corrected chi connectivity index (χ4v) is 3.49. The molecule has 3 heterocycles. The van der Waals surface area contributed by atoms with E-state index < -0.39 is 10.0 Å². The van der Waals surface area contributed by atoms with Crippen molar-refractivity contribution in [3.63, 3.8) is 0 Å². The molecule has 8 heteroatoms. The maximum absolute atomic E-state index is 12.1. The van der Waals surface area contributed by atoms with Crippen LogP contribution in [0.15, 0.2) is 30.6 Å². The number of primary sulfonamides is 1. The Labute approximate surface area is 121 Å². The average Bonchev–Trinajstić information content (AvgIpc) is 2.76. The number of amides is 1. The number of hydrogen-bond acceptors (Lipinski definition) is 5. The monoisotopic (exact) mass is 306 g/mol. The second-order valence-corrected chi connectivity index (χ2v) is 6.77. The third-order valence-electron chi connectivity index (χ3n) is 3.43. The van der Waals surface area contributed by atoms with Gasteiger partial charge in [-0.2, -0.15) is 0 Å². The van der Waals surface area contributed by atoms with Gasteiger partial charge >= 0.3 is 0 Å². The lowest BCUT2D eigenvalue weighted by atomic mass is 10.1. The fraction of sp³-hybridized carbons (Fsp3) is 0.308. The van der Waals surface area contributed by atoms with E-state index in [1.165, 1.54) is 4.90 Å². The molecule has 0 bridgehead atoms. The van der Waals surface area contributed by atoms with Gasteiger partial charge in [-0.15, -0.1) is 0 Å². The Morgan fingerprint density at radius 2 is 2.10 bits per heavy atom. The minimum absolute atomic E-state index is 0.154. The van der Waals surface area contributed by atoms with Crippen molar-refractivity contribution in [3.05, 3.63) is 30.6 Å². The Morgan fingerprint density at radius 3 is 2.86 bits per heavy atom. The van der Waals surface area contributed by atoms with Crippen LogP contribution in [0.2, 0.25) is 0 Å². The maximum atomic E-state index is 12.1. The number of nitrogens with two attached hydrogens (primary N) is 1. The van der Waals surface area contributed by atoms with Gasteiger partial charge in [0.2, 0.25) is 15.9 Å². The molecule has 0 spiro atoms. The van der Waals surface area contributed by atoms with Gasteiger partial charge in [0, 0.05) is 36.7 Å². The summed E-state index contributed by atoms with van der Waals surface area (Å²) in [5.74, 6) is -0.203. The van der Waals surface area contributed by atoms with Crippen LogP contribution in [-0.4, -0.2) is 36.6 Å². The molecule has 1 fully saturated rings. The summed E-state index contributed by atoms with van der Waals surface area (Å²) >= 11 is 0.